The Bertz CT molecular complexity index is 557. The van der Waals surface area contributed by atoms with E-state index in [0.29, 0.717) is 18.1 Å². The minimum Gasteiger partial charge on any atom is -0.294 e. The smallest absolute Gasteiger partial charge is 0.163 e. The number of Topliss-reactive ketones (excluding diaryl/α,β-unsaturated/α-hetero) is 1. The maximum absolute atomic E-state index is 11.9. The van der Waals surface area contributed by atoms with Crippen molar-refractivity contribution in [3.8, 4) is 0 Å². The highest BCUT2D eigenvalue weighted by atomic mass is 16.1. The maximum atomic E-state index is 11.9. The van der Waals surface area contributed by atoms with Crippen LogP contribution < -0.4 is 0 Å². The van der Waals surface area contributed by atoms with E-state index in [1.54, 1.807) is 0 Å². The van der Waals surface area contributed by atoms with Crippen molar-refractivity contribution < 1.29 is 4.79 Å². The summed E-state index contributed by atoms with van der Waals surface area (Å²) in [7, 11) is 0. The number of carbonyl (C=O) groups is 1. The van der Waals surface area contributed by atoms with E-state index in [1.807, 2.05) is 24.3 Å². The Balaban J connectivity index is 1.74. The molecule has 0 N–H and O–H groups in total. The maximum Gasteiger partial charge on any atom is 0.163 e. The number of ketones is 1. The van der Waals surface area contributed by atoms with Crippen LogP contribution in [0.15, 0.2) is 54.6 Å². The number of rotatable bonds is 3. The Kier molecular flexibility index (Phi) is 2.97. The molecule has 1 unspecified atom stereocenters. The first-order chi connectivity index (χ1) is 8.84. The lowest BCUT2D eigenvalue weighted by Gasteiger charge is -2.10. The summed E-state index contributed by atoms with van der Waals surface area (Å²) in [5.74, 6) is 0.720. The number of carbonyl (C=O) groups excluding carboxylic acids is 1. The number of hydrogen-bond donors (Lipinski definition) is 0. The summed E-state index contributed by atoms with van der Waals surface area (Å²) >= 11 is 0. The molecule has 2 aromatic carbocycles. The van der Waals surface area contributed by atoms with Gasteiger partial charge >= 0.3 is 0 Å². The zero-order valence-electron chi connectivity index (χ0n) is 10.3. The molecule has 0 amide bonds. The molecule has 0 fully saturated rings. The van der Waals surface area contributed by atoms with Crippen LogP contribution in [0, 0.1) is 0 Å². The van der Waals surface area contributed by atoms with Crippen molar-refractivity contribution in [3.63, 3.8) is 0 Å². The van der Waals surface area contributed by atoms with E-state index in [-0.39, 0.29) is 0 Å². The van der Waals surface area contributed by atoms with Gasteiger partial charge in [0.15, 0.2) is 5.78 Å². The van der Waals surface area contributed by atoms with Crippen LogP contribution in [0.1, 0.15) is 40.2 Å². The van der Waals surface area contributed by atoms with Crippen molar-refractivity contribution in [3.05, 3.63) is 71.3 Å². The Labute approximate surface area is 107 Å². The zero-order chi connectivity index (χ0) is 12.4. The van der Waals surface area contributed by atoms with Gasteiger partial charge in [-0.05, 0) is 29.9 Å². The van der Waals surface area contributed by atoms with Crippen LogP contribution in [-0.4, -0.2) is 5.78 Å². The lowest BCUT2D eigenvalue weighted by Crippen LogP contribution is -1.97. The lowest BCUT2D eigenvalue weighted by atomic mass is 9.94. The number of aryl methyl sites for hydroxylation is 1. The molecule has 0 saturated carbocycles. The molecule has 90 valence electrons. The van der Waals surface area contributed by atoms with Crippen LogP contribution in [0.2, 0.25) is 0 Å². The van der Waals surface area contributed by atoms with E-state index in [1.165, 1.54) is 11.1 Å². The minimum atomic E-state index is 0.309. The Hall–Kier alpha value is -1.89. The zero-order valence-corrected chi connectivity index (χ0v) is 10.3. The summed E-state index contributed by atoms with van der Waals surface area (Å²) in [6, 6.07) is 18.6. The largest absolute Gasteiger partial charge is 0.294 e. The third-order valence-corrected chi connectivity index (χ3v) is 3.76. The van der Waals surface area contributed by atoms with Crippen LogP contribution in [0.5, 0.6) is 0 Å². The quantitative estimate of drug-likeness (QED) is 0.787. The summed E-state index contributed by atoms with van der Waals surface area (Å²) in [5.41, 5.74) is 3.54. The molecule has 1 heteroatoms. The molecular weight excluding hydrogens is 220 g/mol. The van der Waals surface area contributed by atoms with E-state index in [9.17, 15) is 4.79 Å². The Morgan fingerprint density at radius 3 is 2.50 bits per heavy atom. The monoisotopic (exact) mass is 236 g/mol. The van der Waals surface area contributed by atoms with Gasteiger partial charge in [0.2, 0.25) is 0 Å². The average molecular weight is 236 g/mol. The molecule has 18 heavy (non-hydrogen) atoms. The van der Waals surface area contributed by atoms with E-state index in [2.05, 4.69) is 30.3 Å². The standard InChI is InChI=1S/C17H16O/c18-17-12-14(15-8-4-5-9-16(15)17)11-10-13-6-2-1-3-7-13/h1-9,14H,10-12H2. The van der Waals surface area contributed by atoms with Crippen LogP contribution in [0.3, 0.4) is 0 Å². The second-order valence-electron chi connectivity index (χ2n) is 4.94. The van der Waals surface area contributed by atoms with Crippen molar-refractivity contribution in [2.75, 3.05) is 0 Å². The van der Waals surface area contributed by atoms with Crippen molar-refractivity contribution in [1.29, 1.82) is 0 Å². The molecule has 0 heterocycles. The molecule has 2 aromatic rings. The number of fused-ring (bicyclic) bond motifs is 1. The Morgan fingerprint density at radius 1 is 0.944 bits per heavy atom. The van der Waals surface area contributed by atoms with Gasteiger partial charge in [-0.2, -0.15) is 0 Å². The van der Waals surface area contributed by atoms with Gasteiger partial charge in [-0.3, -0.25) is 4.79 Å². The highest BCUT2D eigenvalue weighted by Gasteiger charge is 2.28. The summed E-state index contributed by atoms with van der Waals surface area (Å²) < 4.78 is 0. The van der Waals surface area contributed by atoms with E-state index in [0.717, 1.165) is 18.4 Å². The molecule has 1 aliphatic carbocycles. The SMILES string of the molecule is O=C1CC(CCc2ccccc2)c2ccccc21. The van der Waals surface area contributed by atoms with Crippen LogP contribution >= 0.6 is 0 Å². The van der Waals surface area contributed by atoms with Crippen LogP contribution in [0.25, 0.3) is 0 Å². The third kappa shape index (κ3) is 2.08. The fourth-order valence-corrected chi connectivity index (χ4v) is 2.79. The highest BCUT2D eigenvalue weighted by Crippen LogP contribution is 2.35. The van der Waals surface area contributed by atoms with Gasteiger partial charge in [-0.25, -0.2) is 0 Å². The van der Waals surface area contributed by atoms with Gasteiger partial charge in [0, 0.05) is 12.0 Å². The topological polar surface area (TPSA) is 17.1 Å². The molecule has 1 atom stereocenters. The van der Waals surface area contributed by atoms with Gasteiger partial charge < -0.3 is 0 Å². The van der Waals surface area contributed by atoms with Crippen LogP contribution in [-0.2, 0) is 6.42 Å². The third-order valence-electron chi connectivity index (χ3n) is 3.76. The highest BCUT2D eigenvalue weighted by molar-refractivity contribution is 6.01. The molecule has 3 rings (SSSR count). The predicted octanol–water partition coefficient (Wildman–Crippen LogP) is 3.99. The minimum absolute atomic E-state index is 0.309. The molecular formula is C17H16O. The fraction of sp³-hybridized carbons (Fsp3) is 0.235. The van der Waals surface area contributed by atoms with Gasteiger partial charge in [0.05, 0.1) is 0 Å². The van der Waals surface area contributed by atoms with Gasteiger partial charge in [-0.1, -0.05) is 54.6 Å². The second-order valence-corrected chi connectivity index (χ2v) is 4.94. The number of benzene rings is 2. The lowest BCUT2D eigenvalue weighted by molar-refractivity contribution is 0.0988. The summed E-state index contributed by atoms with van der Waals surface area (Å²) in [5, 5.41) is 0. The first-order valence-electron chi connectivity index (χ1n) is 6.50. The van der Waals surface area contributed by atoms with E-state index in [4.69, 9.17) is 0 Å². The Morgan fingerprint density at radius 2 is 1.67 bits per heavy atom. The predicted molar refractivity (Wildman–Crippen MR) is 72.9 cm³/mol. The first-order valence-corrected chi connectivity index (χ1v) is 6.50. The molecule has 0 radical (unpaired) electrons. The number of hydrogen-bond acceptors (Lipinski definition) is 1. The molecule has 0 spiro atoms. The normalized spacial score (nSPS) is 17.8. The van der Waals surface area contributed by atoms with Crippen molar-refractivity contribution in [2.24, 2.45) is 0 Å². The van der Waals surface area contributed by atoms with Gasteiger partial charge in [0.25, 0.3) is 0 Å². The molecule has 0 saturated heterocycles. The fourth-order valence-electron chi connectivity index (χ4n) is 2.79. The first kappa shape index (κ1) is 11.2. The summed E-state index contributed by atoms with van der Waals surface area (Å²) in [6.07, 6.45) is 2.80. The molecule has 0 aromatic heterocycles. The van der Waals surface area contributed by atoms with Crippen molar-refractivity contribution >= 4 is 5.78 Å². The average Bonchev–Trinajstić information content (AvgIpc) is 2.75. The summed E-state index contributed by atoms with van der Waals surface area (Å²) in [4.78, 5) is 11.9. The van der Waals surface area contributed by atoms with E-state index < -0.39 is 0 Å². The van der Waals surface area contributed by atoms with Crippen LogP contribution in [0.4, 0.5) is 0 Å². The van der Waals surface area contributed by atoms with Crippen molar-refractivity contribution in [1.82, 2.24) is 0 Å². The molecule has 0 aliphatic heterocycles. The van der Waals surface area contributed by atoms with Gasteiger partial charge in [-0.15, -0.1) is 0 Å². The molecule has 0 bridgehead atoms. The second kappa shape index (κ2) is 4.77. The summed E-state index contributed by atoms with van der Waals surface area (Å²) in [6.45, 7) is 0. The molecule has 1 aliphatic rings. The van der Waals surface area contributed by atoms with Gasteiger partial charge in [0.1, 0.15) is 0 Å². The van der Waals surface area contributed by atoms with Crippen molar-refractivity contribution in [2.45, 2.75) is 25.2 Å². The molecule has 1 nitrogen and oxygen atoms in total. The van der Waals surface area contributed by atoms with E-state index >= 15 is 0 Å².